The zero-order valence-corrected chi connectivity index (χ0v) is 25.5. The van der Waals surface area contributed by atoms with Crippen molar-refractivity contribution >= 4 is 53.7 Å². The van der Waals surface area contributed by atoms with Crippen molar-refractivity contribution in [2.24, 2.45) is 0 Å². The molecule has 0 aromatic rings. The Hall–Kier alpha value is -4.97. The molecule has 4 rings (SSSR count). The van der Waals surface area contributed by atoms with Gasteiger partial charge in [-0.05, 0) is 0 Å². The highest BCUT2D eigenvalue weighted by Crippen LogP contribution is 2.35. The van der Waals surface area contributed by atoms with Crippen LogP contribution in [-0.2, 0) is 95.3 Å². The van der Waals surface area contributed by atoms with Gasteiger partial charge >= 0.3 is 53.7 Å². The van der Waals surface area contributed by atoms with Gasteiger partial charge in [0.2, 0.25) is 29.7 Å². The maximum absolute atomic E-state index is 11.6. The van der Waals surface area contributed by atoms with Gasteiger partial charge < -0.3 is 67.4 Å². The van der Waals surface area contributed by atoms with Gasteiger partial charge in [-0.15, -0.1) is 0 Å². The van der Waals surface area contributed by atoms with Crippen LogP contribution >= 0.6 is 0 Å². The lowest BCUT2D eigenvalue weighted by Crippen LogP contribution is -2.60. The number of carbonyl (C=O) groups is 9. The van der Waals surface area contributed by atoms with Gasteiger partial charge in [-0.3, -0.25) is 14.4 Å². The molecule has 4 heterocycles. The summed E-state index contributed by atoms with van der Waals surface area (Å²) in [4.78, 5) is 101. The average molecular weight is 698 g/mol. The van der Waals surface area contributed by atoms with Crippen LogP contribution < -0.4 is 0 Å². The minimum absolute atomic E-state index is 0.334. The SMILES string of the molecule is COC(=O)C(O)C1(O)CC(=O)OCOC1=O.COC(=O)C12CC(=O)OC1C(=O)OCO2.COC(=O)CC1(C(=O)OC)OCOC(=O)C1O. The Morgan fingerprint density at radius 2 is 1.38 bits per heavy atom. The summed E-state index contributed by atoms with van der Waals surface area (Å²) in [6.45, 7) is -1.61. The van der Waals surface area contributed by atoms with Crippen molar-refractivity contribution in [3.8, 4) is 0 Å². The molecule has 0 bridgehead atoms. The number of carbonyl (C=O) groups excluding carboxylic acids is 9. The molecule has 0 spiro atoms. The van der Waals surface area contributed by atoms with Crippen LogP contribution in [0.3, 0.4) is 0 Å². The third-order valence-electron chi connectivity index (χ3n) is 6.74. The molecular formula is C25H30O23. The van der Waals surface area contributed by atoms with Gasteiger partial charge in [0.15, 0.2) is 25.8 Å². The number of hydrogen-bond acceptors (Lipinski definition) is 23. The fraction of sp³-hybridized carbons (Fsp3) is 0.640. The van der Waals surface area contributed by atoms with Crippen molar-refractivity contribution in [1.82, 2.24) is 0 Å². The van der Waals surface area contributed by atoms with E-state index >= 15 is 0 Å². The predicted molar refractivity (Wildman–Crippen MR) is 135 cm³/mol. The first-order valence-corrected chi connectivity index (χ1v) is 13.0. The molecule has 268 valence electrons. The molecule has 4 fully saturated rings. The van der Waals surface area contributed by atoms with E-state index < -0.39 is 115 Å². The summed E-state index contributed by atoms with van der Waals surface area (Å²) in [5.74, 6) is -8.79. The molecule has 6 unspecified atom stereocenters. The fourth-order valence-electron chi connectivity index (χ4n) is 4.14. The molecule has 23 heteroatoms. The maximum Gasteiger partial charge on any atom is 0.353 e. The molecule has 0 aromatic carbocycles. The molecule has 0 amide bonds. The van der Waals surface area contributed by atoms with E-state index in [0.717, 1.165) is 28.4 Å². The number of rotatable bonds is 6. The number of fused-ring (bicyclic) bond motifs is 1. The normalized spacial score (nSPS) is 29.8. The summed E-state index contributed by atoms with van der Waals surface area (Å²) < 4.78 is 49.5. The van der Waals surface area contributed by atoms with Crippen molar-refractivity contribution in [2.75, 3.05) is 48.8 Å². The van der Waals surface area contributed by atoms with E-state index in [2.05, 4.69) is 42.6 Å². The van der Waals surface area contributed by atoms with Crippen LogP contribution in [0.2, 0.25) is 0 Å². The quantitative estimate of drug-likeness (QED) is 0.172. The Morgan fingerprint density at radius 3 is 1.96 bits per heavy atom. The number of cyclic esters (lactones) is 4. The molecule has 4 saturated heterocycles. The number of aliphatic hydroxyl groups excluding tert-OH is 2. The number of esters is 9. The van der Waals surface area contributed by atoms with Gasteiger partial charge in [0.25, 0.3) is 0 Å². The van der Waals surface area contributed by atoms with Crippen LogP contribution in [0, 0.1) is 0 Å². The van der Waals surface area contributed by atoms with Crippen molar-refractivity contribution in [2.45, 2.75) is 54.4 Å². The predicted octanol–water partition coefficient (Wildman–Crippen LogP) is -5.20. The van der Waals surface area contributed by atoms with E-state index in [4.69, 9.17) is 9.47 Å². The Labute approximate surface area is 268 Å². The van der Waals surface area contributed by atoms with Crippen LogP contribution in [0.1, 0.15) is 19.3 Å². The third kappa shape index (κ3) is 8.11. The Bertz CT molecular complexity index is 1310. The monoisotopic (exact) mass is 698 g/mol. The zero-order valence-electron chi connectivity index (χ0n) is 25.5. The molecule has 23 nitrogen and oxygen atoms in total. The molecule has 0 radical (unpaired) electrons. The molecule has 0 saturated carbocycles. The first kappa shape index (κ1) is 39.2. The topological polar surface area (TPSA) is 316 Å². The highest BCUT2D eigenvalue weighted by atomic mass is 16.7. The second-order valence-electron chi connectivity index (χ2n) is 9.51. The standard InChI is InChI=1S/C9H12O8.C8H10O8.C8H8O7/c1-14-5(10)3-9(8(13)15-2)6(11)7(12)16-4-17-9;1-14-6(11)5(10)8(13)2-4(9)15-3-16-7(8)12;1-12-7(11)8-2-4(9)15-5(8)6(10)13-3-14-8/h6,11H,3-4H2,1-2H3;5,10,13H,2-3H2,1H3;5H,2-3H2,1H3. The smallest absolute Gasteiger partial charge is 0.353 e. The summed E-state index contributed by atoms with van der Waals surface area (Å²) in [6, 6.07) is 0. The highest BCUT2D eigenvalue weighted by Gasteiger charge is 2.63. The van der Waals surface area contributed by atoms with Crippen LogP contribution in [0.15, 0.2) is 0 Å². The highest BCUT2D eigenvalue weighted by molar-refractivity contribution is 5.98. The lowest BCUT2D eigenvalue weighted by Gasteiger charge is -2.35. The van der Waals surface area contributed by atoms with Crippen molar-refractivity contribution in [1.29, 1.82) is 0 Å². The van der Waals surface area contributed by atoms with E-state index in [1.807, 2.05) is 0 Å². The molecule has 3 N–H and O–H groups in total. The molecule has 0 aliphatic carbocycles. The summed E-state index contributed by atoms with van der Waals surface area (Å²) in [7, 11) is 4.23. The number of methoxy groups -OCH3 is 4. The Kier molecular flexibility index (Phi) is 13.3. The number of aliphatic hydroxyl groups is 3. The van der Waals surface area contributed by atoms with Crippen molar-refractivity contribution < 1.29 is 111 Å². The zero-order chi connectivity index (χ0) is 36.4. The molecular weight excluding hydrogens is 668 g/mol. The minimum Gasteiger partial charge on any atom is -0.469 e. The second kappa shape index (κ2) is 16.2. The van der Waals surface area contributed by atoms with Crippen molar-refractivity contribution in [3.05, 3.63) is 0 Å². The molecule has 0 aromatic heterocycles. The molecule has 4 aliphatic heterocycles. The molecule has 48 heavy (non-hydrogen) atoms. The summed E-state index contributed by atoms with van der Waals surface area (Å²) in [6.07, 6.45) is -7.38. The third-order valence-corrected chi connectivity index (χ3v) is 6.74. The number of ether oxygens (including phenoxy) is 11. The van der Waals surface area contributed by atoms with Gasteiger partial charge in [0, 0.05) is 0 Å². The lowest BCUT2D eigenvalue weighted by molar-refractivity contribution is -0.245. The Balaban J connectivity index is 0.000000250. The van der Waals surface area contributed by atoms with Gasteiger partial charge in [0.1, 0.15) is 0 Å². The lowest BCUT2D eigenvalue weighted by atomic mass is 9.91. The summed E-state index contributed by atoms with van der Waals surface area (Å²) >= 11 is 0. The van der Waals surface area contributed by atoms with Crippen LogP contribution in [0.25, 0.3) is 0 Å². The maximum atomic E-state index is 11.6. The van der Waals surface area contributed by atoms with Crippen molar-refractivity contribution in [3.63, 3.8) is 0 Å². The largest absolute Gasteiger partial charge is 0.469 e. The minimum atomic E-state index is -2.68. The Morgan fingerprint density at radius 1 is 0.771 bits per heavy atom. The van der Waals surface area contributed by atoms with Gasteiger partial charge in [-0.2, -0.15) is 0 Å². The fourth-order valence-corrected chi connectivity index (χ4v) is 4.14. The first-order valence-electron chi connectivity index (χ1n) is 13.0. The van der Waals surface area contributed by atoms with Crippen LogP contribution in [-0.4, -0.2) is 153 Å². The van der Waals surface area contributed by atoms with Gasteiger partial charge in [0.05, 0.1) is 47.7 Å². The average Bonchev–Trinajstić information content (AvgIpc) is 3.37. The van der Waals surface area contributed by atoms with Gasteiger partial charge in [-0.25, -0.2) is 28.8 Å². The molecule has 6 atom stereocenters. The first-order chi connectivity index (χ1) is 22.5. The number of hydrogen-bond donors (Lipinski definition) is 3. The summed E-state index contributed by atoms with van der Waals surface area (Å²) in [5.41, 5.74) is -6.46. The van der Waals surface area contributed by atoms with E-state index in [-0.39, 0.29) is 13.2 Å². The summed E-state index contributed by atoms with van der Waals surface area (Å²) in [5, 5.41) is 28.7. The van der Waals surface area contributed by atoms with E-state index in [1.54, 1.807) is 0 Å². The van der Waals surface area contributed by atoms with E-state index in [9.17, 15) is 58.5 Å². The molecule has 4 aliphatic rings. The van der Waals surface area contributed by atoms with E-state index in [0.29, 0.717) is 0 Å². The van der Waals surface area contributed by atoms with E-state index in [1.165, 1.54) is 0 Å². The van der Waals surface area contributed by atoms with Crippen LogP contribution in [0.5, 0.6) is 0 Å². The second-order valence-corrected chi connectivity index (χ2v) is 9.51. The van der Waals surface area contributed by atoms with Gasteiger partial charge in [-0.1, -0.05) is 0 Å². The van der Waals surface area contributed by atoms with Crippen LogP contribution in [0.4, 0.5) is 0 Å².